The molecular weight excluding hydrogens is 332 g/mol. The fourth-order valence-corrected chi connectivity index (χ4v) is 3.03. The number of nitrogens with one attached hydrogen (secondary N) is 1. The van der Waals surface area contributed by atoms with Gasteiger partial charge in [0, 0.05) is 39.3 Å². The Bertz CT molecular complexity index is 760. The predicted molar refractivity (Wildman–Crippen MR) is 101 cm³/mol. The van der Waals surface area contributed by atoms with Crippen molar-refractivity contribution in [3.63, 3.8) is 0 Å². The molecule has 8 heteroatoms. The molecule has 1 N–H and O–H groups in total. The van der Waals surface area contributed by atoms with Gasteiger partial charge in [-0.25, -0.2) is 9.97 Å². The van der Waals surface area contributed by atoms with E-state index in [4.69, 9.17) is 0 Å². The van der Waals surface area contributed by atoms with Gasteiger partial charge in [-0.05, 0) is 5.56 Å². The number of hydrogen-bond donors (Lipinski definition) is 1. The van der Waals surface area contributed by atoms with Crippen LogP contribution in [-0.2, 0) is 6.54 Å². The maximum absolute atomic E-state index is 11.6. The average molecular weight is 354 g/mol. The minimum atomic E-state index is -0.420. The topological polar surface area (TPSA) is 87.4 Å². The molecule has 1 saturated heterocycles. The van der Waals surface area contributed by atoms with Gasteiger partial charge in [0.05, 0.1) is 4.92 Å². The summed E-state index contributed by atoms with van der Waals surface area (Å²) >= 11 is 0. The van der Waals surface area contributed by atoms with Crippen molar-refractivity contribution < 1.29 is 4.92 Å². The van der Waals surface area contributed by atoms with Crippen molar-refractivity contribution in [2.75, 3.05) is 42.9 Å². The Balaban J connectivity index is 1.70. The number of piperazine rings is 1. The number of benzene rings is 1. The summed E-state index contributed by atoms with van der Waals surface area (Å²) in [5.41, 5.74) is 1.19. The first-order valence-electron chi connectivity index (χ1n) is 8.54. The predicted octanol–water partition coefficient (Wildman–Crippen LogP) is 2.30. The van der Waals surface area contributed by atoms with E-state index in [-0.39, 0.29) is 11.5 Å². The minimum absolute atomic E-state index is 0.0779. The largest absolute Gasteiger partial charge is 0.361 e. The first-order chi connectivity index (χ1) is 12.7. The third kappa shape index (κ3) is 4.15. The van der Waals surface area contributed by atoms with E-state index in [0.717, 1.165) is 19.6 Å². The van der Waals surface area contributed by atoms with Crippen LogP contribution in [0.5, 0.6) is 0 Å². The lowest BCUT2D eigenvalue weighted by molar-refractivity contribution is -0.383. The van der Waals surface area contributed by atoms with Gasteiger partial charge in [-0.1, -0.05) is 36.4 Å². The first kappa shape index (κ1) is 17.8. The number of aromatic nitrogens is 2. The second kappa shape index (κ2) is 8.39. The van der Waals surface area contributed by atoms with Crippen LogP contribution in [0.25, 0.3) is 0 Å². The lowest BCUT2D eigenvalue weighted by atomic mass is 10.2. The van der Waals surface area contributed by atoms with E-state index in [2.05, 4.69) is 38.9 Å². The van der Waals surface area contributed by atoms with Crippen LogP contribution in [0.1, 0.15) is 5.56 Å². The van der Waals surface area contributed by atoms with E-state index in [9.17, 15) is 10.1 Å². The number of rotatable bonds is 7. The van der Waals surface area contributed by atoms with E-state index < -0.39 is 4.92 Å². The third-order valence-electron chi connectivity index (χ3n) is 4.32. The van der Waals surface area contributed by atoms with Crippen LogP contribution in [0.4, 0.5) is 17.3 Å². The zero-order valence-corrected chi connectivity index (χ0v) is 14.5. The SMILES string of the molecule is C=CCNc1ncnc(N2CCN(Cc3ccccc3)CC2)c1[N+](=O)[O-]. The summed E-state index contributed by atoms with van der Waals surface area (Å²) in [4.78, 5) is 23.7. The summed E-state index contributed by atoms with van der Waals surface area (Å²) < 4.78 is 0. The molecule has 0 bridgehead atoms. The van der Waals surface area contributed by atoms with Crippen LogP contribution in [-0.4, -0.2) is 52.5 Å². The molecule has 2 aromatic rings. The normalized spacial score (nSPS) is 14.8. The van der Waals surface area contributed by atoms with Crippen molar-refractivity contribution in [2.24, 2.45) is 0 Å². The Hall–Kier alpha value is -3.00. The highest BCUT2D eigenvalue weighted by molar-refractivity contribution is 5.70. The van der Waals surface area contributed by atoms with Crippen LogP contribution in [0.3, 0.4) is 0 Å². The summed E-state index contributed by atoms with van der Waals surface area (Å²) in [5.74, 6) is 0.600. The van der Waals surface area contributed by atoms with Gasteiger partial charge in [-0.3, -0.25) is 15.0 Å². The molecule has 1 aliphatic heterocycles. The molecule has 1 fully saturated rings. The van der Waals surface area contributed by atoms with Crippen LogP contribution in [0, 0.1) is 10.1 Å². The van der Waals surface area contributed by atoms with Crippen LogP contribution < -0.4 is 10.2 Å². The first-order valence-corrected chi connectivity index (χ1v) is 8.54. The van der Waals surface area contributed by atoms with Gasteiger partial charge in [0.1, 0.15) is 6.33 Å². The van der Waals surface area contributed by atoms with Gasteiger partial charge in [0.25, 0.3) is 0 Å². The van der Waals surface area contributed by atoms with Crippen LogP contribution >= 0.6 is 0 Å². The number of hydrogen-bond acceptors (Lipinski definition) is 7. The Morgan fingerprint density at radius 3 is 2.58 bits per heavy atom. The quantitative estimate of drug-likeness (QED) is 0.464. The smallest absolute Gasteiger partial charge is 0.353 e. The van der Waals surface area contributed by atoms with Crippen LogP contribution in [0.15, 0.2) is 49.3 Å². The highest BCUT2D eigenvalue weighted by Gasteiger charge is 2.29. The fraction of sp³-hybridized carbons (Fsp3) is 0.333. The molecule has 0 spiro atoms. The molecule has 8 nitrogen and oxygen atoms in total. The summed E-state index contributed by atoms with van der Waals surface area (Å²) in [6.07, 6.45) is 3.00. The van der Waals surface area contributed by atoms with E-state index in [0.29, 0.717) is 25.5 Å². The molecular formula is C18H22N6O2. The van der Waals surface area contributed by atoms with Crippen molar-refractivity contribution in [2.45, 2.75) is 6.54 Å². The van der Waals surface area contributed by atoms with Crippen molar-refractivity contribution in [1.82, 2.24) is 14.9 Å². The van der Waals surface area contributed by atoms with Gasteiger partial charge < -0.3 is 10.2 Å². The maximum Gasteiger partial charge on any atom is 0.353 e. The van der Waals surface area contributed by atoms with Gasteiger partial charge in [-0.2, -0.15) is 0 Å². The number of nitrogens with zero attached hydrogens (tertiary/aromatic N) is 5. The molecule has 0 atom stereocenters. The monoisotopic (exact) mass is 354 g/mol. The van der Waals surface area contributed by atoms with E-state index in [1.165, 1.54) is 11.9 Å². The Kier molecular flexibility index (Phi) is 5.75. The highest BCUT2D eigenvalue weighted by atomic mass is 16.6. The molecule has 0 radical (unpaired) electrons. The number of nitro groups is 1. The lowest BCUT2D eigenvalue weighted by Gasteiger charge is -2.35. The fourth-order valence-electron chi connectivity index (χ4n) is 3.03. The molecule has 0 aliphatic carbocycles. The lowest BCUT2D eigenvalue weighted by Crippen LogP contribution is -2.46. The van der Waals surface area contributed by atoms with Gasteiger partial charge in [0.2, 0.25) is 11.6 Å². The molecule has 1 aliphatic rings. The van der Waals surface area contributed by atoms with Crippen molar-refractivity contribution >= 4 is 17.3 Å². The Morgan fingerprint density at radius 1 is 1.19 bits per heavy atom. The standard InChI is InChI=1S/C18H22N6O2/c1-2-8-19-17-16(24(25)26)18(21-14-20-17)23-11-9-22(10-12-23)13-15-6-4-3-5-7-15/h2-7,14H,1,8-13H2,(H,19,20,21). The molecule has 0 amide bonds. The van der Waals surface area contributed by atoms with E-state index in [1.54, 1.807) is 6.08 Å². The van der Waals surface area contributed by atoms with E-state index >= 15 is 0 Å². The molecule has 1 aromatic carbocycles. The van der Waals surface area contributed by atoms with Gasteiger partial charge in [-0.15, -0.1) is 6.58 Å². The summed E-state index contributed by atoms with van der Waals surface area (Å²) in [6, 6.07) is 10.3. The second-order valence-corrected chi connectivity index (χ2v) is 6.07. The second-order valence-electron chi connectivity index (χ2n) is 6.07. The Labute approximate surface area is 152 Å². The zero-order valence-electron chi connectivity index (χ0n) is 14.5. The minimum Gasteiger partial charge on any atom is -0.361 e. The molecule has 26 heavy (non-hydrogen) atoms. The molecule has 3 rings (SSSR count). The van der Waals surface area contributed by atoms with Gasteiger partial charge >= 0.3 is 5.69 Å². The Morgan fingerprint density at radius 2 is 1.92 bits per heavy atom. The molecule has 0 unspecified atom stereocenters. The summed E-state index contributed by atoms with van der Waals surface area (Å²) in [5, 5.41) is 14.5. The van der Waals surface area contributed by atoms with Crippen molar-refractivity contribution in [3.05, 3.63) is 65.0 Å². The van der Waals surface area contributed by atoms with E-state index in [1.807, 2.05) is 23.1 Å². The molecule has 136 valence electrons. The summed E-state index contributed by atoms with van der Waals surface area (Å²) in [7, 11) is 0. The van der Waals surface area contributed by atoms with Crippen LogP contribution in [0.2, 0.25) is 0 Å². The maximum atomic E-state index is 11.6. The van der Waals surface area contributed by atoms with Crippen molar-refractivity contribution in [1.29, 1.82) is 0 Å². The third-order valence-corrected chi connectivity index (χ3v) is 4.32. The average Bonchev–Trinajstić information content (AvgIpc) is 2.67. The number of anilines is 2. The molecule has 2 heterocycles. The molecule has 1 aromatic heterocycles. The summed E-state index contributed by atoms with van der Waals surface area (Å²) in [6.45, 7) is 7.92. The zero-order chi connectivity index (χ0) is 18.4. The van der Waals surface area contributed by atoms with Gasteiger partial charge in [0.15, 0.2) is 0 Å². The molecule has 0 saturated carbocycles. The highest BCUT2D eigenvalue weighted by Crippen LogP contribution is 2.32. The van der Waals surface area contributed by atoms with Crippen molar-refractivity contribution in [3.8, 4) is 0 Å².